The van der Waals surface area contributed by atoms with E-state index in [1.54, 1.807) is 0 Å². The SMILES string of the molecule is C[SiH]1O[SiH](C)O[Si](C)(CCCC2CC3OC3C2)O[SiH](C)O1. The lowest BCUT2D eigenvalue weighted by Crippen LogP contribution is -2.53. The normalized spacial score (nSPS) is 50.3. The molecule has 3 fully saturated rings. The molecule has 0 aromatic carbocycles. The van der Waals surface area contributed by atoms with Gasteiger partial charge in [-0.05, 0) is 51.0 Å². The highest BCUT2D eigenvalue weighted by molar-refractivity contribution is 6.81. The molecule has 0 N–H and O–H groups in total. The Kier molecular flexibility index (Phi) is 5.23. The average Bonchev–Trinajstić information content (AvgIpc) is 2.94. The number of epoxide rings is 1. The number of ether oxygens (including phenoxy) is 1. The van der Waals surface area contributed by atoms with E-state index < -0.39 is 36.4 Å². The van der Waals surface area contributed by atoms with E-state index in [-0.39, 0.29) is 0 Å². The monoisotopic (exact) mass is 364 g/mol. The van der Waals surface area contributed by atoms with E-state index in [1.807, 2.05) is 0 Å². The molecule has 2 heterocycles. The van der Waals surface area contributed by atoms with E-state index in [0.717, 1.165) is 12.0 Å². The first kappa shape index (κ1) is 16.5. The summed E-state index contributed by atoms with van der Waals surface area (Å²) in [6.07, 6.45) is 6.26. The van der Waals surface area contributed by atoms with Crippen LogP contribution in [0.3, 0.4) is 0 Å². The molecular weight excluding hydrogens is 336 g/mol. The van der Waals surface area contributed by atoms with Crippen molar-refractivity contribution in [2.24, 2.45) is 5.92 Å². The van der Waals surface area contributed by atoms with Crippen LogP contribution in [-0.2, 0) is 21.2 Å². The highest BCUT2D eigenvalue weighted by Gasteiger charge is 2.47. The van der Waals surface area contributed by atoms with Crippen LogP contribution in [0.1, 0.15) is 25.7 Å². The molecule has 0 aromatic rings. The Morgan fingerprint density at radius 1 is 0.952 bits per heavy atom. The lowest BCUT2D eigenvalue weighted by molar-refractivity contribution is 0.258. The molecule has 0 aromatic heterocycles. The van der Waals surface area contributed by atoms with Crippen molar-refractivity contribution in [2.45, 2.75) is 70.1 Å². The van der Waals surface area contributed by atoms with Crippen LogP contribution in [0.4, 0.5) is 0 Å². The van der Waals surface area contributed by atoms with Crippen LogP contribution < -0.4 is 0 Å². The van der Waals surface area contributed by atoms with Gasteiger partial charge in [-0.25, -0.2) is 0 Å². The van der Waals surface area contributed by atoms with Crippen molar-refractivity contribution in [1.29, 1.82) is 0 Å². The van der Waals surface area contributed by atoms with Crippen LogP contribution in [0.5, 0.6) is 0 Å². The Hall–Kier alpha value is 0.668. The van der Waals surface area contributed by atoms with Crippen LogP contribution in [-0.4, -0.2) is 48.6 Å². The first-order valence-corrected chi connectivity index (χ1v) is 17.1. The highest BCUT2D eigenvalue weighted by atomic mass is 28.5. The zero-order valence-corrected chi connectivity index (χ0v) is 18.0. The standard InChI is InChI=1S/C12H28O5Si4/c1-18-14-19(2)16-21(4,17-20(3)15-18)7-5-6-10-8-11-12(9-10)13-11/h10-12,18-20H,5-9H2,1-4H3. The molecule has 2 saturated heterocycles. The third-order valence-corrected chi connectivity index (χ3v) is 18.7. The molecule has 0 bridgehead atoms. The summed E-state index contributed by atoms with van der Waals surface area (Å²) >= 11 is 0. The Morgan fingerprint density at radius 3 is 2.10 bits per heavy atom. The molecule has 4 unspecified atom stereocenters. The number of rotatable bonds is 4. The number of hydrogen-bond acceptors (Lipinski definition) is 5. The maximum Gasteiger partial charge on any atom is 0.316 e. The third kappa shape index (κ3) is 4.58. The number of fused-ring (bicyclic) bond motifs is 1. The second-order valence-electron chi connectivity index (χ2n) is 6.79. The minimum atomic E-state index is -2.09. The molecule has 1 aliphatic carbocycles. The van der Waals surface area contributed by atoms with Crippen molar-refractivity contribution in [1.82, 2.24) is 0 Å². The van der Waals surface area contributed by atoms with Gasteiger partial charge < -0.3 is 21.2 Å². The summed E-state index contributed by atoms with van der Waals surface area (Å²) in [6.45, 7) is 8.51. The van der Waals surface area contributed by atoms with E-state index in [0.29, 0.717) is 12.2 Å². The fourth-order valence-electron chi connectivity index (χ4n) is 3.77. The van der Waals surface area contributed by atoms with Gasteiger partial charge in [-0.1, -0.05) is 12.8 Å². The molecule has 2 aliphatic heterocycles. The molecule has 5 nitrogen and oxygen atoms in total. The predicted molar refractivity (Wildman–Crippen MR) is 90.4 cm³/mol. The second-order valence-corrected chi connectivity index (χ2v) is 17.0. The molecule has 0 spiro atoms. The summed E-state index contributed by atoms with van der Waals surface area (Å²) in [6, 6.07) is 1.08. The van der Waals surface area contributed by atoms with Gasteiger partial charge in [0.1, 0.15) is 0 Å². The Labute approximate surface area is 134 Å². The number of hydrogen-bond donors (Lipinski definition) is 0. The zero-order chi connectivity index (χ0) is 15.0. The van der Waals surface area contributed by atoms with Crippen molar-refractivity contribution >= 4 is 36.4 Å². The molecule has 0 amide bonds. The molecular formula is C12H28O5Si4. The Morgan fingerprint density at radius 2 is 1.52 bits per heavy atom. The van der Waals surface area contributed by atoms with Crippen molar-refractivity contribution < 1.29 is 21.2 Å². The first-order valence-electron chi connectivity index (χ1n) is 8.25. The maximum absolute atomic E-state index is 6.31. The van der Waals surface area contributed by atoms with E-state index in [9.17, 15) is 0 Å². The summed E-state index contributed by atoms with van der Waals surface area (Å²) in [4.78, 5) is 0. The molecule has 9 heteroatoms. The quantitative estimate of drug-likeness (QED) is 0.561. The van der Waals surface area contributed by atoms with Gasteiger partial charge in [0, 0.05) is 0 Å². The lowest BCUT2D eigenvalue weighted by Gasteiger charge is -2.37. The molecule has 21 heavy (non-hydrogen) atoms. The zero-order valence-electron chi connectivity index (χ0n) is 13.5. The van der Waals surface area contributed by atoms with Crippen LogP contribution in [0.25, 0.3) is 0 Å². The molecule has 3 aliphatic rings. The molecule has 4 atom stereocenters. The van der Waals surface area contributed by atoms with Crippen LogP contribution in [0, 0.1) is 5.92 Å². The van der Waals surface area contributed by atoms with E-state index in [1.165, 1.54) is 25.7 Å². The maximum atomic E-state index is 6.31. The minimum Gasteiger partial charge on any atom is -0.420 e. The predicted octanol–water partition coefficient (Wildman–Crippen LogP) is 1.65. The fraction of sp³-hybridized carbons (Fsp3) is 1.00. The van der Waals surface area contributed by atoms with Crippen molar-refractivity contribution in [3.8, 4) is 0 Å². The smallest absolute Gasteiger partial charge is 0.316 e. The summed E-state index contributed by atoms with van der Waals surface area (Å²) in [5.74, 6) is 0.865. The molecule has 1 saturated carbocycles. The van der Waals surface area contributed by atoms with Crippen molar-refractivity contribution in [2.75, 3.05) is 0 Å². The van der Waals surface area contributed by atoms with Crippen molar-refractivity contribution in [3.63, 3.8) is 0 Å². The van der Waals surface area contributed by atoms with Crippen LogP contribution in [0.2, 0.25) is 32.2 Å². The summed E-state index contributed by atoms with van der Waals surface area (Å²) in [5, 5.41) is 0. The summed E-state index contributed by atoms with van der Waals surface area (Å²) in [5.41, 5.74) is 0. The topological polar surface area (TPSA) is 49.5 Å². The second kappa shape index (κ2) is 6.65. The highest BCUT2D eigenvalue weighted by Crippen LogP contribution is 2.44. The van der Waals surface area contributed by atoms with Gasteiger partial charge in [0.25, 0.3) is 27.9 Å². The fourth-order valence-corrected chi connectivity index (χ4v) is 18.5. The summed E-state index contributed by atoms with van der Waals surface area (Å²) in [7, 11) is -6.75. The third-order valence-electron chi connectivity index (χ3n) is 4.66. The molecule has 3 rings (SSSR count). The average molecular weight is 365 g/mol. The Bertz CT molecular complexity index is 350. The van der Waals surface area contributed by atoms with Gasteiger partial charge in [0.2, 0.25) is 0 Å². The first-order chi connectivity index (χ1) is 9.93. The minimum absolute atomic E-state index is 0.602. The van der Waals surface area contributed by atoms with Gasteiger partial charge in [0.15, 0.2) is 0 Å². The van der Waals surface area contributed by atoms with Gasteiger partial charge in [-0.3, -0.25) is 0 Å². The largest absolute Gasteiger partial charge is 0.420 e. The van der Waals surface area contributed by atoms with Gasteiger partial charge >= 0.3 is 8.56 Å². The van der Waals surface area contributed by atoms with E-state index >= 15 is 0 Å². The lowest BCUT2D eigenvalue weighted by atomic mass is 10.0. The van der Waals surface area contributed by atoms with E-state index in [2.05, 4.69) is 26.2 Å². The van der Waals surface area contributed by atoms with Crippen molar-refractivity contribution in [3.05, 3.63) is 0 Å². The van der Waals surface area contributed by atoms with Gasteiger partial charge in [-0.2, -0.15) is 0 Å². The Balaban J connectivity index is 1.46. The van der Waals surface area contributed by atoms with Gasteiger partial charge in [0.05, 0.1) is 12.2 Å². The van der Waals surface area contributed by atoms with Crippen LogP contribution >= 0.6 is 0 Å². The van der Waals surface area contributed by atoms with Crippen LogP contribution in [0.15, 0.2) is 0 Å². The summed E-state index contributed by atoms with van der Waals surface area (Å²) < 4.78 is 30.1. The van der Waals surface area contributed by atoms with E-state index in [4.69, 9.17) is 21.2 Å². The van der Waals surface area contributed by atoms with Gasteiger partial charge in [-0.15, -0.1) is 0 Å². The molecule has 122 valence electrons. The molecule has 0 radical (unpaired) electrons.